The molecular weight excluding hydrogens is 400 g/mol. The molecule has 0 saturated heterocycles. The van der Waals surface area contributed by atoms with Crippen LogP contribution < -0.4 is 0 Å². The van der Waals surface area contributed by atoms with Gasteiger partial charge in [0.05, 0.1) is 11.0 Å². The molecule has 5 aromatic rings. The van der Waals surface area contributed by atoms with E-state index in [1.165, 1.54) is 5.56 Å². The number of benzene rings is 3. The Balaban J connectivity index is 1.90. The summed E-state index contributed by atoms with van der Waals surface area (Å²) >= 11 is 3.56. The van der Waals surface area contributed by atoms with Gasteiger partial charge < -0.3 is 0 Å². The largest absolute Gasteiger partial charge is 0.275 e. The highest BCUT2D eigenvalue weighted by Crippen LogP contribution is 2.29. The van der Waals surface area contributed by atoms with Crippen molar-refractivity contribution in [3.8, 4) is 17.1 Å². The van der Waals surface area contributed by atoms with E-state index < -0.39 is 0 Å². The molecular formula is C22H15BrN4. The first-order valence-electron chi connectivity index (χ1n) is 8.67. The third-order valence-electron chi connectivity index (χ3n) is 4.51. The van der Waals surface area contributed by atoms with Crippen LogP contribution in [-0.4, -0.2) is 19.5 Å². The maximum absolute atomic E-state index is 4.88. The summed E-state index contributed by atoms with van der Waals surface area (Å²) in [6, 6.07) is 24.4. The number of halogens is 1. The zero-order chi connectivity index (χ0) is 18.4. The van der Waals surface area contributed by atoms with Crippen molar-refractivity contribution in [1.29, 1.82) is 0 Å². The summed E-state index contributed by atoms with van der Waals surface area (Å²) in [5, 5.41) is 0. The number of imidazole rings is 1. The van der Waals surface area contributed by atoms with Gasteiger partial charge in [-0.1, -0.05) is 52.3 Å². The summed E-state index contributed by atoms with van der Waals surface area (Å²) in [4.78, 5) is 14.5. The molecule has 2 aromatic heterocycles. The summed E-state index contributed by atoms with van der Waals surface area (Å²) < 4.78 is 3.10. The van der Waals surface area contributed by atoms with Gasteiger partial charge in [-0.05, 0) is 48.9 Å². The first-order chi connectivity index (χ1) is 13.2. The lowest BCUT2D eigenvalue weighted by molar-refractivity contribution is 1.08. The molecule has 0 fully saturated rings. The fourth-order valence-corrected chi connectivity index (χ4v) is 3.69. The molecule has 4 nitrogen and oxygen atoms in total. The molecule has 0 unspecified atom stereocenters. The molecule has 5 rings (SSSR count). The quantitative estimate of drug-likeness (QED) is 0.371. The zero-order valence-corrected chi connectivity index (χ0v) is 16.2. The molecule has 5 heteroatoms. The molecule has 0 amide bonds. The lowest BCUT2D eigenvalue weighted by atomic mass is 10.2. The molecule has 0 spiro atoms. The van der Waals surface area contributed by atoms with Gasteiger partial charge in [-0.2, -0.15) is 0 Å². The molecule has 0 atom stereocenters. The van der Waals surface area contributed by atoms with E-state index in [9.17, 15) is 0 Å². The van der Waals surface area contributed by atoms with Crippen LogP contribution in [0.15, 0.2) is 77.3 Å². The molecule has 0 aliphatic heterocycles. The Morgan fingerprint density at radius 3 is 2.33 bits per heavy atom. The van der Waals surface area contributed by atoms with Gasteiger partial charge in [0.25, 0.3) is 0 Å². The van der Waals surface area contributed by atoms with E-state index in [-0.39, 0.29) is 0 Å². The van der Waals surface area contributed by atoms with Crippen molar-refractivity contribution in [2.45, 2.75) is 6.92 Å². The maximum Gasteiger partial charge on any atom is 0.199 e. The molecule has 2 heterocycles. The van der Waals surface area contributed by atoms with E-state index in [2.05, 4.69) is 63.8 Å². The van der Waals surface area contributed by atoms with Gasteiger partial charge in [-0.25, -0.2) is 15.0 Å². The minimum absolute atomic E-state index is 0.644. The number of para-hydroxylation sites is 2. The predicted octanol–water partition coefficient (Wildman–Crippen LogP) is 5.71. The number of hydrogen-bond donors (Lipinski definition) is 0. The standard InChI is InChI=1S/C22H15BrN4/c1-14-6-4-9-17(12-14)27-21(15-7-5-8-16(23)13-15)26-20-22(27)25-19-11-3-2-10-18(19)24-20/h2-13H,1H3. The Bertz CT molecular complexity index is 1310. The maximum atomic E-state index is 4.88. The summed E-state index contributed by atoms with van der Waals surface area (Å²) in [6.07, 6.45) is 0. The van der Waals surface area contributed by atoms with Gasteiger partial charge in [-0.15, -0.1) is 0 Å². The van der Waals surface area contributed by atoms with Crippen molar-refractivity contribution >= 4 is 38.3 Å². The topological polar surface area (TPSA) is 43.6 Å². The van der Waals surface area contributed by atoms with Crippen molar-refractivity contribution in [3.63, 3.8) is 0 Å². The van der Waals surface area contributed by atoms with Crippen LogP contribution in [0.2, 0.25) is 0 Å². The molecule has 0 radical (unpaired) electrons. The number of aryl methyl sites for hydroxylation is 1. The van der Waals surface area contributed by atoms with E-state index in [1.807, 2.05) is 36.4 Å². The van der Waals surface area contributed by atoms with Crippen LogP contribution in [0.3, 0.4) is 0 Å². The normalized spacial score (nSPS) is 11.3. The third-order valence-corrected chi connectivity index (χ3v) is 5.01. The molecule has 130 valence electrons. The fraction of sp³-hybridized carbons (Fsp3) is 0.0455. The Hall–Kier alpha value is -3.05. The smallest absolute Gasteiger partial charge is 0.199 e. The van der Waals surface area contributed by atoms with Crippen LogP contribution in [0.5, 0.6) is 0 Å². The van der Waals surface area contributed by atoms with E-state index in [4.69, 9.17) is 15.0 Å². The fourth-order valence-electron chi connectivity index (χ4n) is 3.29. The Kier molecular flexibility index (Phi) is 3.76. The average molecular weight is 415 g/mol. The lowest BCUT2D eigenvalue weighted by Crippen LogP contribution is -1.99. The van der Waals surface area contributed by atoms with E-state index >= 15 is 0 Å². The van der Waals surface area contributed by atoms with Gasteiger partial charge in [0.1, 0.15) is 5.82 Å². The molecule has 3 aromatic carbocycles. The summed E-state index contributed by atoms with van der Waals surface area (Å²) in [5.74, 6) is 0.826. The zero-order valence-electron chi connectivity index (χ0n) is 14.6. The SMILES string of the molecule is Cc1cccc(-n2c(-c3cccc(Br)c3)nc3nc4ccccc4nc32)c1. The van der Waals surface area contributed by atoms with Gasteiger partial charge in [0.2, 0.25) is 0 Å². The van der Waals surface area contributed by atoms with Crippen molar-refractivity contribution in [2.75, 3.05) is 0 Å². The number of hydrogen-bond acceptors (Lipinski definition) is 3. The van der Waals surface area contributed by atoms with Crippen LogP contribution in [0.4, 0.5) is 0 Å². The molecule has 0 saturated carbocycles. The average Bonchev–Trinajstić information content (AvgIpc) is 3.04. The van der Waals surface area contributed by atoms with Crippen LogP contribution >= 0.6 is 15.9 Å². The lowest BCUT2D eigenvalue weighted by Gasteiger charge is -2.10. The van der Waals surface area contributed by atoms with Crippen molar-refractivity contribution in [2.24, 2.45) is 0 Å². The van der Waals surface area contributed by atoms with Crippen LogP contribution in [0.1, 0.15) is 5.56 Å². The Morgan fingerprint density at radius 2 is 1.56 bits per heavy atom. The second-order valence-electron chi connectivity index (χ2n) is 6.48. The van der Waals surface area contributed by atoms with Crippen LogP contribution in [-0.2, 0) is 0 Å². The predicted molar refractivity (Wildman–Crippen MR) is 112 cm³/mol. The van der Waals surface area contributed by atoms with E-state index in [1.54, 1.807) is 0 Å². The van der Waals surface area contributed by atoms with Crippen LogP contribution in [0, 0.1) is 6.92 Å². The van der Waals surface area contributed by atoms with Crippen molar-refractivity contribution < 1.29 is 0 Å². The summed E-state index contributed by atoms with van der Waals surface area (Å²) in [5.41, 5.74) is 6.33. The molecule has 27 heavy (non-hydrogen) atoms. The van der Waals surface area contributed by atoms with E-state index in [0.717, 1.165) is 38.2 Å². The molecule has 0 bridgehead atoms. The Morgan fingerprint density at radius 1 is 0.778 bits per heavy atom. The third kappa shape index (κ3) is 2.80. The van der Waals surface area contributed by atoms with E-state index in [0.29, 0.717) is 5.65 Å². The highest BCUT2D eigenvalue weighted by molar-refractivity contribution is 9.10. The van der Waals surface area contributed by atoms with Crippen LogP contribution in [0.25, 0.3) is 39.4 Å². The molecule has 0 aliphatic carbocycles. The number of rotatable bonds is 2. The Labute approximate surface area is 164 Å². The number of fused-ring (bicyclic) bond motifs is 2. The first-order valence-corrected chi connectivity index (χ1v) is 9.46. The first kappa shape index (κ1) is 16.1. The molecule has 0 aliphatic rings. The highest BCUT2D eigenvalue weighted by Gasteiger charge is 2.17. The second kappa shape index (κ2) is 6.28. The van der Waals surface area contributed by atoms with Crippen molar-refractivity contribution in [1.82, 2.24) is 19.5 Å². The summed E-state index contributed by atoms with van der Waals surface area (Å²) in [7, 11) is 0. The van der Waals surface area contributed by atoms with Gasteiger partial charge >= 0.3 is 0 Å². The highest BCUT2D eigenvalue weighted by atomic mass is 79.9. The van der Waals surface area contributed by atoms with Gasteiger partial charge in [-0.3, -0.25) is 4.57 Å². The summed E-state index contributed by atoms with van der Waals surface area (Å²) in [6.45, 7) is 2.09. The minimum Gasteiger partial charge on any atom is -0.275 e. The monoisotopic (exact) mass is 414 g/mol. The minimum atomic E-state index is 0.644. The second-order valence-corrected chi connectivity index (χ2v) is 7.40. The van der Waals surface area contributed by atoms with Gasteiger partial charge in [0, 0.05) is 15.7 Å². The van der Waals surface area contributed by atoms with Crippen molar-refractivity contribution in [3.05, 3.63) is 82.8 Å². The number of nitrogens with zero attached hydrogens (tertiary/aromatic N) is 4. The number of aromatic nitrogens is 4. The van der Waals surface area contributed by atoms with Gasteiger partial charge in [0.15, 0.2) is 11.3 Å². The molecule has 0 N–H and O–H groups in total.